The van der Waals surface area contributed by atoms with E-state index in [1.165, 1.54) is 0 Å². The monoisotopic (exact) mass is 265 g/mol. The number of hydrogen-bond acceptors (Lipinski definition) is 3. The van der Waals surface area contributed by atoms with Crippen LogP contribution in [0.2, 0.25) is 0 Å². The highest BCUT2D eigenvalue weighted by molar-refractivity contribution is 5.77. The molecule has 1 rings (SSSR count). The number of amides is 1. The van der Waals surface area contributed by atoms with E-state index in [1.807, 2.05) is 38.1 Å². The summed E-state index contributed by atoms with van der Waals surface area (Å²) in [7, 11) is 0. The third-order valence-electron chi connectivity index (χ3n) is 2.90. The van der Waals surface area contributed by atoms with Crippen molar-refractivity contribution in [2.75, 3.05) is 19.8 Å². The van der Waals surface area contributed by atoms with Gasteiger partial charge >= 0.3 is 0 Å². The number of aliphatic hydroxyl groups excluding tert-OH is 1. The molecular weight excluding hydrogens is 242 g/mol. The Morgan fingerprint density at radius 3 is 2.68 bits per heavy atom. The number of carbonyl (C=O) groups is 1. The van der Waals surface area contributed by atoms with Crippen LogP contribution < -0.4 is 10.1 Å². The van der Waals surface area contributed by atoms with Crippen LogP contribution in [0, 0.1) is 12.8 Å². The van der Waals surface area contributed by atoms with Gasteiger partial charge in [0.25, 0.3) is 5.91 Å². The zero-order chi connectivity index (χ0) is 14.1. The summed E-state index contributed by atoms with van der Waals surface area (Å²) in [6.07, 6.45) is 1.79. The highest BCUT2D eigenvalue weighted by Gasteiger charge is 2.03. The summed E-state index contributed by atoms with van der Waals surface area (Å²) in [6.45, 7) is 4.86. The minimum Gasteiger partial charge on any atom is -0.484 e. The van der Waals surface area contributed by atoms with Crippen molar-refractivity contribution in [3.63, 3.8) is 0 Å². The van der Waals surface area contributed by atoms with E-state index in [-0.39, 0.29) is 19.1 Å². The van der Waals surface area contributed by atoms with Crippen LogP contribution in [0.4, 0.5) is 0 Å². The van der Waals surface area contributed by atoms with Crippen molar-refractivity contribution in [3.05, 3.63) is 29.8 Å². The molecule has 0 saturated carbocycles. The average molecular weight is 265 g/mol. The molecular formula is C15H23NO3. The minimum atomic E-state index is -0.114. The molecule has 19 heavy (non-hydrogen) atoms. The van der Waals surface area contributed by atoms with Crippen LogP contribution in [-0.4, -0.2) is 30.8 Å². The fourth-order valence-corrected chi connectivity index (χ4v) is 1.60. The van der Waals surface area contributed by atoms with E-state index in [0.29, 0.717) is 18.2 Å². The second-order valence-electron chi connectivity index (χ2n) is 4.88. The van der Waals surface area contributed by atoms with Crippen molar-refractivity contribution >= 4 is 5.91 Å². The topological polar surface area (TPSA) is 58.6 Å². The Bertz CT molecular complexity index is 375. The summed E-state index contributed by atoms with van der Waals surface area (Å²) in [5.74, 6) is 0.882. The first-order chi connectivity index (χ1) is 9.11. The highest BCUT2D eigenvalue weighted by atomic mass is 16.5. The molecule has 0 fully saturated rings. The van der Waals surface area contributed by atoms with E-state index in [9.17, 15) is 4.79 Å². The molecule has 0 aromatic heterocycles. The predicted octanol–water partition coefficient (Wildman–Crippen LogP) is 1.90. The van der Waals surface area contributed by atoms with Crippen molar-refractivity contribution in [1.29, 1.82) is 0 Å². The van der Waals surface area contributed by atoms with Crippen molar-refractivity contribution in [1.82, 2.24) is 5.32 Å². The van der Waals surface area contributed by atoms with E-state index in [0.717, 1.165) is 18.4 Å². The molecule has 1 amide bonds. The molecule has 106 valence electrons. The van der Waals surface area contributed by atoms with Gasteiger partial charge in [0.15, 0.2) is 6.61 Å². The Morgan fingerprint density at radius 1 is 1.37 bits per heavy atom. The number of nitrogens with one attached hydrogen (secondary N) is 1. The quantitative estimate of drug-likeness (QED) is 0.706. The Kier molecular flexibility index (Phi) is 6.97. The second-order valence-corrected chi connectivity index (χ2v) is 4.88. The van der Waals surface area contributed by atoms with Crippen molar-refractivity contribution in [2.45, 2.75) is 26.7 Å². The lowest BCUT2D eigenvalue weighted by atomic mass is 10.1. The lowest BCUT2D eigenvalue weighted by Gasteiger charge is -2.09. The molecule has 4 nitrogen and oxygen atoms in total. The summed E-state index contributed by atoms with van der Waals surface area (Å²) in [5.41, 5.74) is 1.16. The molecule has 0 aliphatic rings. The van der Waals surface area contributed by atoms with Crippen molar-refractivity contribution < 1.29 is 14.6 Å². The molecule has 1 atom stereocenters. The van der Waals surface area contributed by atoms with Crippen LogP contribution in [0.3, 0.4) is 0 Å². The number of aryl methyl sites for hydroxylation is 1. The number of ether oxygens (including phenoxy) is 1. The van der Waals surface area contributed by atoms with Crippen LogP contribution in [0.1, 0.15) is 25.3 Å². The SMILES string of the molecule is Cc1ccc(OCC(=O)NCCCC(C)CO)cc1. The van der Waals surface area contributed by atoms with Gasteiger partial charge in [-0.3, -0.25) is 4.79 Å². The van der Waals surface area contributed by atoms with Gasteiger partial charge in [-0.15, -0.1) is 0 Å². The normalized spacial score (nSPS) is 11.9. The van der Waals surface area contributed by atoms with Gasteiger partial charge in [-0.2, -0.15) is 0 Å². The molecule has 4 heteroatoms. The average Bonchev–Trinajstić information content (AvgIpc) is 2.42. The number of aliphatic hydroxyl groups is 1. The Morgan fingerprint density at radius 2 is 2.05 bits per heavy atom. The zero-order valence-electron chi connectivity index (χ0n) is 11.7. The van der Waals surface area contributed by atoms with Gasteiger partial charge in [-0.1, -0.05) is 24.6 Å². The molecule has 2 N–H and O–H groups in total. The van der Waals surface area contributed by atoms with E-state index < -0.39 is 0 Å². The number of carbonyl (C=O) groups excluding carboxylic acids is 1. The van der Waals surface area contributed by atoms with Crippen molar-refractivity contribution in [2.24, 2.45) is 5.92 Å². The zero-order valence-corrected chi connectivity index (χ0v) is 11.7. The smallest absolute Gasteiger partial charge is 0.257 e. The molecule has 1 aromatic rings. The summed E-state index contributed by atoms with van der Waals surface area (Å²) in [5, 5.41) is 11.7. The Balaban J connectivity index is 2.12. The number of hydrogen-bond donors (Lipinski definition) is 2. The van der Waals surface area contributed by atoms with Gasteiger partial charge in [0.1, 0.15) is 5.75 Å². The van der Waals surface area contributed by atoms with Gasteiger partial charge in [-0.25, -0.2) is 0 Å². The first kappa shape index (κ1) is 15.5. The van der Waals surface area contributed by atoms with Gasteiger partial charge in [-0.05, 0) is 37.8 Å². The maximum Gasteiger partial charge on any atom is 0.257 e. The summed E-state index contributed by atoms with van der Waals surface area (Å²) in [6, 6.07) is 7.60. The predicted molar refractivity (Wildman–Crippen MR) is 75.2 cm³/mol. The standard InChI is InChI=1S/C15H23NO3/c1-12-5-7-14(8-6-12)19-11-15(18)16-9-3-4-13(2)10-17/h5-8,13,17H,3-4,9-11H2,1-2H3,(H,16,18). The lowest BCUT2D eigenvalue weighted by molar-refractivity contribution is -0.123. The van der Waals surface area contributed by atoms with Crippen LogP contribution in [0.15, 0.2) is 24.3 Å². The van der Waals surface area contributed by atoms with Crippen LogP contribution in [-0.2, 0) is 4.79 Å². The van der Waals surface area contributed by atoms with E-state index in [2.05, 4.69) is 5.32 Å². The maximum atomic E-state index is 11.5. The molecule has 0 aliphatic heterocycles. The third-order valence-corrected chi connectivity index (χ3v) is 2.90. The number of rotatable bonds is 8. The largest absolute Gasteiger partial charge is 0.484 e. The number of benzene rings is 1. The molecule has 0 spiro atoms. The Labute approximate surface area is 114 Å². The summed E-state index contributed by atoms with van der Waals surface area (Å²) in [4.78, 5) is 11.5. The molecule has 0 radical (unpaired) electrons. The maximum absolute atomic E-state index is 11.5. The van der Waals surface area contributed by atoms with Gasteiger partial charge in [0, 0.05) is 13.2 Å². The van der Waals surface area contributed by atoms with Gasteiger partial charge in [0.2, 0.25) is 0 Å². The lowest BCUT2D eigenvalue weighted by Crippen LogP contribution is -2.29. The third kappa shape index (κ3) is 6.82. The summed E-state index contributed by atoms with van der Waals surface area (Å²) >= 11 is 0. The first-order valence-corrected chi connectivity index (χ1v) is 6.69. The molecule has 0 bridgehead atoms. The van der Waals surface area contributed by atoms with E-state index in [1.54, 1.807) is 0 Å². The highest BCUT2D eigenvalue weighted by Crippen LogP contribution is 2.10. The Hall–Kier alpha value is -1.55. The molecule has 1 aromatic carbocycles. The molecule has 0 heterocycles. The van der Waals surface area contributed by atoms with E-state index >= 15 is 0 Å². The summed E-state index contributed by atoms with van der Waals surface area (Å²) < 4.78 is 5.37. The molecule has 0 aliphatic carbocycles. The van der Waals surface area contributed by atoms with E-state index in [4.69, 9.17) is 9.84 Å². The van der Waals surface area contributed by atoms with Gasteiger partial charge < -0.3 is 15.2 Å². The second kappa shape index (κ2) is 8.53. The van der Waals surface area contributed by atoms with Crippen molar-refractivity contribution in [3.8, 4) is 5.75 Å². The minimum absolute atomic E-state index is 0.0403. The first-order valence-electron chi connectivity index (χ1n) is 6.69. The van der Waals surface area contributed by atoms with Crippen LogP contribution >= 0.6 is 0 Å². The fourth-order valence-electron chi connectivity index (χ4n) is 1.60. The molecule has 1 unspecified atom stereocenters. The van der Waals surface area contributed by atoms with Crippen LogP contribution in [0.5, 0.6) is 5.75 Å². The van der Waals surface area contributed by atoms with Crippen LogP contribution in [0.25, 0.3) is 0 Å². The fraction of sp³-hybridized carbons (Fsp3) is 0.533. The van der Waals surface area contributed by atoms with Gasteiger partial charge in [0.05, 0.1) is 0 Å². The molecule has 0 saturated heterocycles.